The van der Waals surface area contributed by atoms with E-state index >= 15 is 0 Å². The molecule has 3 aromatic carbocycles. The fourth-order valence-electron chi connectivity index (χ4n) is 3.69. The third-order valence-corrected chi connectivity index (χ3v) is 5.25. The molecule has 1 saturated heterocycles. The van der Waals surface area contributed by atoms with E-state index in [1.54, 1.807) is 0 Å². The minimum Gasteiger partial charge on any atom is -0.378 e. The van der Waals surface area contributed by atoms with E-state index in [0.29, 0.717) is 18.9 Å². The molecule has 1 aliphatic heterocycles. The van der Waals surface area contributed by atoms with Crippen molar-refractivity contribution in [2.75, 3.05) is 36.5 Å². The monoisotopic (exact) mass is 415 g/mol. The number of benzene rings is 3. The van der Waals surface area contributed by atoms with Crippen molar-refractivity contribution in [1.82, 2.24) is 5.32 Å². The van der Waals surface area contributed by atoms with E-state index < -0.39 is 17.9 Å². The van der Waals surface area contributed by atoms with E-state index in [9.17, 15) is 9.59 Å². The second-order valence-electron chi connectivity index (χ2n) is 7.30. The number of hydrogen-bond donors (Lipinski definition) is 2. The molecule has 6 heteroatoms. The summed E-state index contributed by atoms with van der Waals surface area (Å²) in [5, 5.41) is 5.67. The van der Waals surface area contributed by atoms with Gasteiger partial charge in [0.1, 0.15) is 0 Å². The van der Waals surface area contributed by atoms with Crippen LogP contribution in [0.3, 0.4) is 0 Å². The van der Waals surface area contributed by atoms with Crippen molar-refractivity contribution in [2.45, 2.75) is 6.04 Å². The zero-order chi connectivity index (χ0) is 21.5. The summed E-state index contributed by atoms with van der Waals surface area (Å²) >= 11 is 0. The normalized spacial score (nSPS) is 13.6. The second-order valence-corrected chi connectivity index (χ2v) is 7.30. The SMILES string of the molecule is O=C(Nc1ccccc1N1CCOCC1)C(=O)NC(c1ccccc1)c1ccccc1. The Balaban J connectivity index is 1.51. The van der Waals surface area contributed by atoms with Gasteiger partial charge in [0.05, 0.1) is 30.6 Å². The van der Waals surface area contributed by atoms with E-state index in [0.717, 1.165) is 29.9 Å². The van der Waals surface area contributed by atoms with Crippen molar-refractivity contribution in [3.63, 3.8) is 0 Å². The molecule has 4 rings (SSSR count). The largest absolute Gasteiger partial charge is 0.378 e. The van der Waals surface area contributed by atoms with Gasteiger partial charge in [-0.15, -0.1) is 0 Å². The maximum Gasteiger partial charge on any atom is 0.313 e. The van der Waals surface area contributed by atoms with Crippen molar-refractivity contribution in [2.24, 2.45) is 0 Å². The number of nitrogens with zero attached hydrogens (tertiary/aromatic N) is 1. The molecule has 3 aromatic rings. The standard InChI is InChI=1S/C25H25N3O3/c29-24(26-21-13-7-8-14-22(21)28-15-17-31-18-16-28)25(30)27-23(19-9-3-1-4-10-19)20-11-5-2-6-12-20/h1-14,23H,15-18H2,(H,26,29)(H,27,30). The van der Waals surface area contributed by atoms with Gasteiger partial charge in [-0.05, 0) is 23.3 Å². The Labute approximate surface area is 181 Å². The number of nitrogens with one attached hydrogen (secondary N) is 2. The van der Waals surface area contributed by atoms with E-state index in [1.165, 1.54) is 0 Å². The van der Waals surface area contributed by atoms with Crippen molar-refractivity contribution in [1.29, 1.82) is 0 Å². The van der Waals surface area contributed by atoms with E-state index in [-0.39, 0.29) is 0 Å². The average Bonchev–Trinajstić information content (AvgIpc) is 2.84. The van der Waals surface area contributed by atoms with Crippen LogP contribution in [0.2, 0.25) is 0 Å². The third kappa shape index (κ3) is 5.10. The number of anilines is 2. The van der Waals surface area contributed by atoms with Crippen LogP contribution in [0.15, 0.2) is 84.9 Å². The molecule has 6 nitrogen and oxygen atoms in total. The van der Waals surface area contributed by atoms with Crippen LogP contribution in [0.5, 0.6) is 0 Å². The molecule has 0 spiro atoms. The first-order chi connectivity index (χ1) is 15.2. The summed E-state index contributed by atoms with van der Waals surface area (Å²) in [5.41, 5.74) is 3.31. The average molecular weight is 415 g/mol. The predicted octanol–water partition coefficient (Wildman–Crippen LogP) is 3.37. The maximum atomic E-state index is 12.8. The fraction of sp³-hybridized carbons (Fsp3) is 0.200. The molecule has 158 valence electrons. The fourth-order valence-corrected chi connectivity index (χ4v) is 3.69. The molecular formula is C25H25N3O3. The molecule has 0 unspecified atom stereocenters. The van der Waals surface area contributed by atoms with Gasteiger partial charge in [-0.25, -0.2) is 0 Å². The lowest BCUT2D eigenvalue weighted by Gasteiger charge is -2.30. The molecule has 1 heterocycles. The van der Waals surface area contributed by atoms with Crippen LogP contribution < -0.4 is 15.5 Å². The highest BCUT2D eigenvalue weighted by atomic mass is 16.5. The maximum absolute atomic E-state index is 12.8. The molecule has 31 heavy (non-hydrogen) atoms. The number of carbonyl (C=O) groups is 2. The van der Waals surface area contributed by atoms with Crippen molar-refractivity contribution >= 4 is 23.2 Å². The Bertz CT molecular complexity index is 979. The van der Waals surface area contributed by atoms with Gasteiger partial charge < -0.3 is 20.3 Å². The Morgan fingerprint density at radius 1 is 0.742 bits per heavy atom. The number of hydrogen-bond acceptors (Lipinski definition) is 4. The van der Waals surface area contributed by atoms with Gasteiger partial charge >= 0.3 is 11.8 Å². The zero-order valence-corrected chi connectivity index (χ0v) is 17.2. The third-order valence-electron chi connectivity index (χ3n) is 5.25. The molecule has 0 radical (unpaired) electrons. The minimum absolute atomic E-state index is 0.421. The summed E-state index contributed by atoms with van der Waals surface area (Å²) < 4.78 is 5.42. The van der Waals surface area contributed by atoms with Crippen LogP contribution in [0.4, 0.5) is 11.4 Å². The van der Waals surface area contributed by atoms with Crippen LogP contribution >= 0.6 is 0 Å². The van der Waals surface area contributed by atoms with Crippen LogP contribution in [0.25, 0.3) is 0 Å². The molecule has 0 saturated carbocycles. The molecule has 1 fully saturated rings. The first kappa shape index (κ1) is 20.6. The van der Waals surface area contributed by atoms with Gasteiger partial charge in [-0.1, -0.05) is 72.8 Å². The highest BCUT2D eigenvalue weighted by Gasteiger charge is 2.23. The molecular weight excluding hydrogens is 390 g/mol. The molecule has 2 amide bonds. The molecule has 1 aliphatic rings. The Kier molecular flexibility index (Phi) is 6.59. The van der Waals surface area contributed by atoms with Gasteiger partial charge in [0, 0.05) is 13.1 Å². The van der Waals surface area contributed by atoms with Gasteiger partial charge in [0.15, 0.2) is 0 Å². The van der Waals surface area contributed by atoms with Crippen LogP contribution in [-0.2, 0) is 14.3 Å². The topological polar surface area (TPSA) is 70.7 Å². The van der Waals surface area contributed by atoms with Crippen LogP contribution in [0.1, 0.15) is 17.2 Å². The van der Waals surface area contributed by atoms with Crippen molar-refractivity contribution in [3.8, 4) is 0 Å². The lowest BCUT2D eigenvalue weighted by Crippen LogP contribution is -2.39. The number of para-hydroxylation sites is 2. The Hall–Kier alpha value is -3.64. The lowest BCUT2D eigenvalue weighted by molar-refractivity contribution is -0.136. The molecule has 0 bridgehead atoms. The first-order valence-corrected chi connectivity index (χ1v) is 10.4. The summed E-state index contributed by atoms with van der Waals surface area (Å²) in [7, 11) is 0. The van der Waals surface area contributed by atoms with Crippen LogP contribution in [-0.4, -0.2) is 38.1 Å². The second kappa shape index (κ2) is 9.91. The number of carbonyl (C=O) groups excluding carboxylic acids is 2. The molecule has 0 aliphatic carbocycles. The molecule has 2 N–H and O–H groups in total. The van der Waals surface area contributed by atoms with Gasteiger partial charge in [0.2, 0.25) is 0 Å². The summed E-state index contributed by atoms with van der Waals surface area (Å²) in [4.78, 5) is 27.8. The highest BCUT2D eigenvalue weighted by Crippen LogP contribution is 2.26. The Morgan fingerprint density at radius 3 is 1.90 bits per heavy atom. The summed E-state index contributed by atoms with van der Waals surface area (Å²) in [6.45, 7) is 2.75. The summed E-state index contributed by atoms with van der Waals surface area (Å²) in [6, 6.07) is 26.3. The molecule has 0 atom stereocenters. The van der Waals surface area contributed by atoms with Gasteiger partial charge in [-0.3, -0.25) is 9.59 Å². The lowest BCUT2D eigenvalue weighted by atomic mass is 9.98. The quantitative estimate of drug-likeness (QED) is 0.627. The van der Waals surface area contributed by atoms with E-state index in [1.807, 2.05) is 84.9 Å². The van der Waals surface area contributed by atoms with E-state index in [4.69, 9.17) is 4.74 Å². The number of morpholine rings is 1. The highest BCUT2D eigenvalue weighted by molar-refractivity contribution is 6.40. The number of rotatable bonds is 5. The zero-order valence-electron chi connectivity index (χ0n) is 17.2. The summed E-state index contributed by atoms with van der Waals surface area (Å²) in [5.74, 6) is -1.38. The predicted molar refractivity (Wildman–Crippen MR) is 121 cm³/mol. The molecule has 0 aromatic heterocycles. The van der Waals surface area contributed by atoms with E-state index in [2.05, 4.69) is 15.5 Å². The Morgan fingerprint density at radius 2 is 1.29 bits per heavy atom. The van der Waals surface area contributed by atoms with Gasteiger partial charge in [0.25, 0.3) is 0 Å². The van der Waals surface area contributed by atoms with Gasteiger partial charge in [-0.2, -0.15) is 0 Å². The number of ether oxygens (including phenoxy) is 1. The smallest absolute Gasteiger partial charge is 0.313 e. The van der Waals surface area contributed by atoms with Crippen LogP contribution in [0, 0.1) is 0 Å². The van der Waals surface area contributed by atoms with Crippen molar-refractivity contribution < 1.29 is 14.3 Å². The van der Waals surface area contributed by atoms with Crippen molar-refractivity contribution in [3.05, 3.63) is 96.1 Å². The minimum atomic E-state index is -0.697. The number of amides is 2. The summed E-state index contributed by atoms with van der Waals surface area (Å²) in [6.07, 6.45) is 0. The first-order valence-electron chi connectivity index (χ1n) is 10.4.